The van der Waals surface area contributed by atoms with Gasteiger partial charge in [-0.05, 0) is 31.5 Å². The summed E-state index contributed by atoms with van der Waals surface area (Å²) in [5.41, 5.74) is 3.01. The zero-order valence-electron chi connectivity index (χ0n) is 16.5. The van der Waals surface area contributed by atoms with E-state index >= 15 is 0 Å². The van der Waals surface area contributed by atoms with Gasteiger partial charge in [-0.25, -0.2) is 9.98 Å². The van der Waals surface area contributed by atoms with Gasteiger partial charge in [0.25, 0.3) is 0 Å². The number of nitrogens with one attached hydrogen (secondary N) is 3. The van der Waals surface area contributed by atoms with Crippen molar-refractivity contribution >= 4 is 28.9 Å². The van der Waals surface area contributed by atoms with Gasteiger partial charge < -0.3 is 16.0 Å². The summed E-state index contributed by atoms with van der Waals surface area (Å²) in [7, 11) is 0. The van der Waals surface area contributed by atoms with Crippen LogP contribution in [0.2, 0.25) is 0 Å². The van der Waals surface area contributed by atoms with E-state index in [9.17, 15) is 4.79 Å². The standard InChI is InChI=1S/C20H29N5OS/c1-5-21-20(22-11-10-18-13-27-15(4)24-18)23-12-16-6-8-17(9-7-16)25-19(26)14(2)3/h6-9,13-14H,5,10-12H2,1-4H3,(H,25,26)(H2,21,22,23). The predicted molar refractivity (Wildman–Crippen MR) is 113 cm³/mol. The number of aryl methyl sites for hydroxylation is 1. The molecule has 7 heteroatoms. The average Bonchev–Trinajstić information content (AvgIpc) is 3.06. The van der Waals surface area contributed by atoms with Gasteiger partial charge in [-0.3, -0.25) is 4.79 Å². The number of aliphatic imine (C=N–C) groups is 1. The van der Waals surface area contributed by atoms with Gasteiger partial charge in [0.1, 0.15) is 0 Å². The van der Waals surface area contributed by atoms with Crippen molar-refractivity contribution < 1.29 is 4.79 Å². The van der Waals surface area contributed by atoms with Crippen molar-refractivity contribution in [2.24, 2.45) is 10.9 Å². The molecule has 0 fully saturated rings. The largest absolute Gasteiger partial charge is 0.357 e. The summed E-state index contributed by atoms with van der Waals surface area (Å²) in [6.45, 7) is 9.99. The van der Waals surface area contributed by atoms with Gasteiger partial charge in [0.2, 0.25) is 5.91 Å². The maximum atomic E-state index is 11.7. The molecule has 146 valence electrons. The summed E-state index contributed by atoms with van der Waals surface area (Å²) in [6.07, 6.45) is 0.874. The van der Waals surface area contributed by atoms with Crippen molar-refractivity contribution in [1.29, 1.82) is 0 Å². The molecule has 0 spiro atoms. The Labute approximate surface area is 165 Å². The highest BCUT2D eigenvalue weighted by atomic mass is 32.1. The van der Waals surface area contributed by atoms with Gasteiger partial charge >= 0.3 is 0 Å². The highest BCUT2D eigenvalue weighted by Gasteiger charge is 2.06. The summed E-state index contributed by atoms with van der Waals surface area (Å²) >= 11 is 1.68. The number of hydrogen-bond acceptors (Lipinski definition) is 4. The van der Waals surface area contributed by atoms with Crippen LogP contribution in [0, 0.1) is 12.8 Å². The molecule has 3 N–H and O–H groups in total. The molecule has 27 heavy (non-hydrogen) atoms. The molecule has 0 aliphatic heterocycles. The van der Waals surface area contributed by atoms with Gasteiger partial charge in [0, 0.05) is 36.5 Å². The molecule has 0 bridgehead atoms. The first kappa shape index (κ1) is 20.9. The topological polar surface area (TPSA) is 78.4 Å². The maximum absolute atomic E-state index is 11.7. The fourth-order valence-corrected chi connectivity index (χ4v) is 2.97. The van der Waals surface area contributed by atoms with E-state index in [0.29, 0.717) is 6.54 Å². The van der Waals surface area contributed by atoms with Crippen molar-refractivity contribution in [3.05, 3.63) is 45.9 Å². The average molecular weight is 388 g/mol. The number of guanidine groups is 1. The number of hydrogen-bond donors (Lipinski definition) is 3. The molecule has 0 saturated heterocycles. The van der Waals surface area contributed by atoms with Gasteiger partial charge in [0.15, 0.2) is 5.96 Å². The van der Waals surface area contributed by atoms with Crippen LogP contribution in [0.3, 0.4) is 0 Å². The molecule has 1 aromatic heterocycles. The number of carbonyl (C=O) groups is 1. The zero-order valence-corrected chi connectivity index (χ0v) is 17.3. The number of aromatic nitrogens is 1. The first-order valence-corrected chi connectivity index (χ1v) is 10.2. The smallest absolute Gasteiger partial charge is 0.226 e. The van der Waals surface area contributed by atoms with Crippen LogP contribution in [0.1, 0.15) is 37.0 Å². The molecule has 0 aliphatic carbocycles. The molecule has 1 amide bonds. The molecular weight excluding hydrogens is 358 g/mol. The Balaban J connectivity index is 1.86. The number of benzene rings is 1. The molecule has 0 atom stereocenters. The molecule has 0 unspecified atom stereocenters. The van der Waals surface area contributed by atoms with Crippen LogP contribution in [0.4, 0.5) is 5.69 Å². The fourth-order valence-electron chi connectivity index (χ4n) is 2.32. The Kier molecular flexibility index (Phi) is 8.26. The van der Waals surface area contributed by atoms with Crippen molar-refractivity contribution in [2.75, 3.05) is 18.4 Å². The Hall–Kier alpha value is -2.41. The van der Waals surface area contributed by atoms with E-state index < -0.39 is 0 Å². The third kappa shape index (κ3) is 7.38. The molecule has 0 aliphatic rings. The number of rotatable bonds is 8. The zero-order chi connectivity index (χ0) is 19.6. The molecule has 1 aromatic carbocycles. The van der Waals surface area contributed by atoms with Crippen molar-refractivity contribution in [1.82, 2.24) is 15.6 Å². The lowest BCUT2D eigenvalue weighted by molar-refractivity contribution is -0.118. The van der Waals surface area contributed by atoms with Crippen LogP contribution in [0.15, 0.2) is 34.6 Å². The minimum atomic E-state index is -0.0313. The van der Waals surface area contributed by atoms with E-state index in [1.807, 2.05) is 52.0 Å². The van der Waals surface area contributed by atoms with E-state index in [4.69, 9.17) is 0 Å². The molecule has 6 nitrogen and oxygen atoms in total. The molecule has 0 radical (unpaired) electrons. The molecule has 2 aromatic rings. The first-order valence-electron chi connectivity index (χ1n) is 9.31. The lowest BCUT2D eigenvalue weighted by atomic mass is 10.2. The number of thiazole rings is 1. The number of carbonyl (C=O) groups excluding carboxylic acids is 1. The lowest BCUT2D eigenvalue weighted by Gasteiger charge is -2.11. The summed E-state index contributed by atoms with van der Waals surface area (Å²) in [5, 5.41) is 12.7. The summed E-state index contributed by atoms with van der Waals surface area (Å²) in [5.74, 6) is 0.785. The normalized spacial score (nSPS) is 11.5. The van der Waals surface area contributed by atoms with Crippen LogP contribution in [-0.2, 0) is 17.8 Å². The Morgan fingerprint density at radius 1 is 1.22 bits per heavy atom. The Morgan fingerprint density at radius 3 is 2.56 bits per heavy atom. The Morgan fingerprint density at radius 2 is 1.96 bits per heavy atom. The van der Waals surface area contributed by atoms with Crippen LogP contribution in [0.25, 0.3) is 0 Å². The van der Waals surface area contributed by atoms with E-state index in [-0.39, 0.29) is 11.8 Å². The van der Waals surface area contributed by atoms with Crippen LogP contribution >= 0.6 is 11.3 Å². The van der Waals surface area contributed by atoms with Gasteiger partial charge in [-0.15, -0.1) is 11.3 Å². The third-order valence-corrected chi connectivity index (χ3v) is 4.67. The van der Waals surface area contributed by atoms with E-state index in [1.54, 1.807) is 11.3 Å². The SMILES string of the molecule is CCNC(=NCc1ccc(NC(=O)C(C)C)cc1)NCCc1csc(C)n1. The second-order valence-electron chi connectivity index (χ2n) is 6.57. The molecule has 1 heterocycles. The maximum Gasteiger partial charge on any atom is 0.226 e. The monoisotopic (exact) mass is 387 g/mol. The highest BCUT2D eigenvalue weighted by molar-refractivity contribution is 7.09. The van der Waals surface area contributed by atoms with Gasteiger partial charge in [0.05, 0.1) is 17.2 Å². The van der Waals surface area contributed by atoms with Crippen molar-refractivity contribution in [3.8, 4) is 0 Å². The van der Waals surface area contributed by atoms with Crippen molar-refractivity contribution in [2.45, 2.75) is 40.7 Å². The molecule has 0 saturated carbocycles. The number of nitrogens with zero attached hydrogens (tertiary/aromatic N) is 2. The van der Waals surface area contributed by atoms with Crippen LogP contribution in [-0.4, -0.2) is 29.9 Å². The quantitative estimate of drug-likeness (QED) is 0.479. The second-order valence-corrected chi connectivity index (χ2v) is 7.63. The first-order chi connectivity index (χ1) is 13.0. The minimum absolute atomic E-state index is 0.0229. The van der Waals surface area contributed by atoms with E-state index in [0.717, 1.165) is 47.4 Å². The fraction of sp³-hybridized carbons (Fsp3) is 0.450. The van der Waals surface area contributed by atoms with Gasteiger partial charge in [-0.1, -0.05) is 26.0 Å². The summed E-state index contributed by atoms with van der Waals surface area (Å²) in [4.78, 5) is 20.8. The van der Waals surface area contributed by atoms with Crippen LogP contribution < -0.4 is 16.0 Å². The second kappa shape index (κ2) is 10.7. The van der Waals surface area contributed by atoms with E-state index in [1.165, 1.54) is 0 Å². The van der Waals surface area contributed by atoms with Crippen LogP contribution in [0.5, 0.6) is 0 Å². The van der Waals surface area contributed by atoms with Crippen molar-refractivity contribution in [3.63, 3.8) is 0 Å². The third-order valence-electron chi connectivity index (χ3n) is 3.85. The highest BCUT2D eigenvalue weighted by Crippen LogP contribution is 2.12. The lowest BCUT2D eigenvalue weighted by Crippen LogP contribution is -2.38. The van der Waals surface area contributed by atoms with E-state index in [2.05, 4.69) is 31.3 Å². The number of amides is 1. The molecular formula is C20H29N5OS. The number of anilines is 1. The minimum Gasteiger partial charge on any atom is -0.357 e. The Bertz CT molecular complexity index is 752. The molecule has 2 rings (SSSR count). The predicted octanol–water partition coefficient (Wildman–Crippen LogP) is 3.34. The summed E-state index contributed by atoms with van der Waals surface area (Å²) < 4.78 is 0. The summed E-state index contributed by atoms with van der Waals surface area (Å²) in [6, 6.07) is 7.80. The van der Waals surface area contributed by atoms with Gasteiger partial charge in [-0.2, -0.15) is 0 Å².